The minimum absolute atomic E-state index is 0.231. The van der Waals surface area contributed by atoms with Crippen LogP contribution in [0.4, 0.5) is 11.6 Å². The number of aliphatic hydroxyl groups excluding tert-OH is 1. The van der Waals surface area contributed by atoms with E-state index >= 15 is 0 Å². The Kier molecular flexibility index (Phi) is 5.30. The smallest absolute Gasteiger partial charge is 0.132 e. The molecular weight excluding hydrogens is 232 g/mol. The topological polar surface area (TPSA) is 90.3 Å². The Morgan fingerprint density at radius 3 is 2.33 bits per heavy atom. The van der Waals surface area contributed by atoms with Crippen LogP contribution in [0.5, 0.6) is 0 Å². The van der Waals surface area contributed by atoms with Crippen LogP contribution >= 0.6 is 0 Å². The Morgan fingerprint density at radius 2 is 1.83 bits per heavy atom. The number of aryl methyl sites for hydroxylation is 1. The summed E-state index contributed by atoms with van der Waals surface area (Å²) in [5.41, 5.74) is -1.16. The Labute approximate surface area is 107 Å². The summed E-state index contributed by atoms with van der Waals surface area (Å²) < 4.78 is 0. The lowest BCUT2D eigenvalue weighted by atomic mass is 10.1. The minimum atomic E-state index is -1.16. The van der Waals surface area contributed by atoms with Gasteiger partial charge in [0.2, 0.25) is 0 Å². The molecule has 0 aliphatic heterocycles. The molecule has 0 amide bonds. The molecule has 0 spiro atoms. The highest BCUT2D eigenvalue weighted by molar-refractivity contribution is 5.47. The van der Waals surface area contributed by atoms with Crippen LogP contribution in [0.1, 0.15) is 26.6 Å². The lowest BCUT2D eigenvalue weighted by Gasteiger charge is -2.21. The second-order valence-electron chi connectivity index (χ2n) is 4.45. The van der Waals surface area contributed by atoms with Crippen LogP contribution in [0, 0.1) is 0 Å². The van der Waals surface area contributed by atoms with Gasteiger partial charge < -0.3 is 20.8 Å². The van der Waals surface area contributed by atoms with Crippen LogP contribution in [0.3, 0.4) is 0 Å². The van der Waals surface area contributed by atoms with E-state index in [0.29, 0.717) is 5.82 Å². The Morgan fingerprint density at radius 1 is 1.22 bits per heavy atom. The fourth-order valence-electron chi connectivity index (χ4n) is 1.35. The predicted octanol–water partition coefficient (Wildman–Crippen LogP) is 0.626. The molecule has 1 heterocycles. The molecule has 0 bridgehead atoms. The van der Waals surface area contributed by atoms with Crippen molar-refractivity contribution in [3.05, 3.63) is 11.9 Å². The molecule has 1 unspecified atom stereocenters. The first-order valence-corrected chi connectivity index (χ1v) is 6.19. The van der Waals surface area contributed by atoms with Gasteiger partial charge in [0, 0.05) is 25.6 Å². The molecule has 0 aromatic carbocycles. The zero-order valence-corrected chi connectivity index (χ0v) is 11.2. The van der Waals surface area contributed by atoms with Gasteiger partial charge in [0.15, 0.2) is 0 Å². The van der Waals surface area contributed by atoms with Crippen molar-refractivity contribution in [1.82, 2.24) is 9.97 Å². The van der Waals surface area contributed by atoms with Crippen molar-refractivity contribution < 1.29 is 10.2 Å². The summed E-state index contributed by atoms with van der Waals surface area (Å²) >= 11 is 0. The molecule has 0 radical (unpaired) electrons. The highest BCUT2D eigenvalue weighted by atomic mass is 16.3. The average molecular weight is 254 g/mol. The van der Waals surface area contributed by atoms with Crippen LogP contribution in [0.25, 0.3) is 0 Å². The summed E-state index contributed by atoms with van der Waals surface area (Å²) in [6.07, 6.45) is 0.740. The second kappa shape index (κ2) is 6.51. The third-order valence-corrected chi connectivity index (χ3v) is 2.44. The average Bonchev–Trinajstić information content (AvgIpc) is 2.37. The van der Waals surface area contributed by atoms with Gasteiger partial charge in [0.1, 0.15) is 23.1 Å². The number of aliphatic hydroxyl groups is 2. The molecule has 0 fully saturated rings. The maximum atomic E-state index is 9.71. The van der Waals surface area contributed by atoms with Crippen molar-refractivity contribution in [3.63, 3.8) is 0 Å². The quantitative estimate of drug-likeness (QED) is 0.570. The zero-order chi connectivity index (χ0) is 13.6. The van der Waals surface area contributed by atoms with Gasteiger partial charge in [-0.1, -0.05) is 6.92 Å². The lowest BCUT2D eigenvalue weighted by molar-refractivity contribution is 0.0131. The maximum absolute atomic E-state index is 9.71. The van der Waals surface area contributed by atoms with Gasteiger partial charge in [0.25, 0.3) is 0 Å². The monoisotopic (exact) mass is 254 g/mol. The maximum Gasteiger partial charge on any atom is 0.132 e. The van der Waals surface area contributed by atoms with Gasteiger partial charge in [-0.3, -0.25) is 0 Å². The number of hydrogen-bond donors (Lipinski definition) is 4. The minimum Gasteiger partial charge on any atom is -0.393 e. The summed E-state index contributed by atoms with van der Waals surface area (Å²) in [7, 11) is 0. The number of anilines is 2. The van der Waals surface area contributed by atoms with E-state index in [2.05, 4.69) is 20.6 Å². The first-order valence-electron chi connectivity index (χ1n) is 6.19. The Hall–Kier alpha value is -1.40. The van der Waals surface area contributed by atoms with Gasteiger partial charge >= 0.3 is 0 Å². The van der Waals surface area contributed by atoms with Crippen molar-refractivity contribution in [1.29, 1.82) is 0 Å². The standard InChI is InChI=1S/C12H22N4O2/c1-4-9-15-10(13-5-2)6-11(16-9)14-7-12(3,18)8-17/h6,17-18H,4-5,7-8H2,1-3H3,(H2,13,14,15,16). The Balaban J connectivity index is 2.78. The summed E-state index contributed by atoms with van der Waals surface area (Å²) in [5, 5.41) is 24.8. The molecular formula is C12H22N4O2. The zero-order valence-electron chi connectivity index (χ0n) is 11.2. The van der Waals surface area contributed by atoms with E-state index in [1.807, 2.05) is 13.8 Å². The normalized spacial score (nSPS) is 14.1. The van der Waals surface area contributed by atoms with E-state index < -0.39 is 5.60 Å². The highest BCUT2D eigenvalue weighted by Gasteiger charge is 2.18. The first-order chi connectivity index (χ1) is 8.50. The largest absolute Gasteiger partial charge is 0.393 e. The van der Waals surface area contributed by atoms with Gasteiger partial charge in [-0.15, -0.1) is 0 Å². The van der Waals surface area contributed by atoms with Crippen LogP contribution in [0.2, 0.25) is 0 Å². The van der Waals surface area contributed by atoms with Crippen molar-refractivity contribution in [2.75, 3.05) is 30.3 Å². The van der Waals surface area contributed by atoms with Crippen molar-refractivity contribution >= 4 is 11.6 Å². The molecule has 6 nitrogen and oxygen atoms in total. The molecule has 1 aromatic heterocycles. The lowest BCUT2D eigenvalue weighted by Crippen LogP contribution is -2.37. The van der Waals surface area contributed by atoms with Gasteiger partial charge in [-0.05, 0) is 13.8 Å². The second-order valence-corrected chi connectivity index (χ2v) is 4.45. The SMILES string of the molecule is CCNc1cc(NCC(C)(O)CO)nc(CC)n1. The van der Waals surface area contributed by atoms with Crippen molar-refractivity contribution in [3.8, 4) is 0 Å². The van der Waals surface area contributed by atoms with E-state index in [1.54, 1.807) is 13.0 Å². The molecule has 0 saturated carbocycles. The molecule has 0 saturated heterocycles. The van der Waals surface area contributed by atoms with Crippen LogP contribution in [-0.4, -0.2) is 45.5 Å². The summed E-state index contributed by atoms with van der Waals surface area (Å²) in [4.78, 5) is 8.65. The molecule has 4 N–H and O–H groups in total. The van der Waals surface area contributed by atoms with E-state index in [9.17, 15) is 5.11 Å². The van der Waals surface area contributed by atoms with E-state index in [1.165, 1.54) is 0 Å². The van der Waals surface area contributed by atoms with Crippen LogP contribution in [-0.2, 0) is 6.42 Å². The molecule has 1 rings (SSSR count). The number of hydrogen-bond acceptors (Lipinski definition) is 6. The molecule has 102 valence electrons. The third-order valence-electron chi connectivity index (χ3n) is 2.44. The number of rotatable bonds is 7. The van der Waals surface area contributed by atoms with Crippen LogP contribution < -0.4 is 10.6 Å². The third kappa shape index (κ3) is 4.46. The predicted molar refractivity (Wildman–Crippen MR) is 71.8 cm³/mol. The number of aromatic nitrogens is 2. The van der Waals surface area contributed by atoms with Gasteiger partial charge in [-0.25, -0.2) is 9.97 Å². The highest BCUT2D eigenvalue weighted by Crippen LogP contribution is 2.13. The van der Waals surface area contributed by atoms with E-state index in [4.69, 9.17) is 5.11 Å². The van der Waals surface area contributed by atoms with Gasteiger partial charge in [0.05, 0.1) is 6.61 Å². The molecule has 0 aliphatic carbocycles. The van der Waals surface area contributed by atoms with Gasteiger partial charge in [-0.2, -0.15) is 0 Å². The number of nitrogens with one attached hydrogen (secondary N) is 2. The molecule has 6 heteroatoms. The summed E-state index contributed by atoms with van der Waals surface area (Å²) in [6.45, 7) is 6.26. The Bertz CT molecular complexity index is 382. The molecule has 1 atom stereocenters. The van der Waals surface area contributed by atoms with E-state index in [0.717, 1.165) is 24.6 Å². The van der Waals surface area contributed by atoms with Crippen molar-refractivity contribution in [2.24, 2.45) is 0 Å². The molecule has 18 heavy (non-hydrogen) atoms. The fourth-order valence-corrected chi connectivity index (χ4v) is 1.35. The summed E-state index contributed by atoms with van der Waals surface area (Å²) in [6, 6.07) is 1.79. The van der Waals surface area contributed by atoms with Crippen LogP contribution in [0.15, 0.2) is 6.07 Å². The number of nitrogens with zero attached hydrogens (tertiary/aromatic N) is 2. The fraction of sp³-hybridized carbons (Fsp3) is 0.667. The van der Waals surface area contributed by atoms with E-state index in [-0.39, 0.29) is 13.2 Å². The first kappa shape index (κ1) is 14.7. The molecule has 0 aliphatic rings. The summed E-state index contributed by atoms with van der Waals surface area (Å²) in [5.74, 6) is 2.14. The van der Waals surface area contributed by atoms with Crippen molar-refractivity contribution in [2.45, 2.75) is 32.8 Å². The molecule has 1 aromatic rings.